The first-order valence-electron chi connectivity index (χ1n) is 10.00. The number of furan rings is 1. The SMILES string of the molecule is Bc1ccc2oc3c(=O)[nH]c(-c4cccc(OCC(=O)NCC5CC5)c4)nc3c2c1. The van der Waals surface area contributed by atoms with Crippen molar-refractivity contribution in [3.63, 3.8) is 0 Å². The maximum atomic E-state index is 12.6. The lowest BCUT2D eigenvalue weighted by Gasteiger charge is -2.08. The van der Waals surface area contributed by atoms with Gasteiger partial charge < -0.3 is 19.5 Å². The number of hydrogen-bond acceptors (Lipinski definition) is 5. The van der Waals surface area contributed by atoms with E-state index in [4.69, 9.17) is 9.15 Å². The predicted molar refractivity (Wildman–Crippen MR) is 117 cm³/mol. The number of rotatable bonds is 6. The van der Waals surface area contributed by atoms with Gasteiger partial charge in [-0.05, 0) is 37.0 Å². The molecule has 2 N–H and O–H groups in total. The van der Waals surface area contributed by atoms with Crippen molar-refractivity contribution in [1.29, 1.82) is 0 Å². The van der Waals surface area contributed by atoms with Gasteiger partial charge in [0.25, 0.3) is 11.5 Å². The van der Waals surface area contributed by atoms with Gasteiger partial charge in [-0.15, -0.1) is 0 Å². The fourth-order valence-electron chi connectivity index (χ4n) is 3.42. The Morgan fingerprint density at radius 1 is 1.27 bits per heavy atom. The van der Waals surface area contributed by atoms with Crippen LogP contribution in [0.1, 0.15) is 12.8 Å². The van der Waals surface area contributed by atoms with Crippen LogP contribution >= 0.6 is 0 Å². The standard InChI is InChI=1S/C22H20BN3O4/c23-14-6-7-17-16(9-14)19-20(30-17)22(28)26-21(25-19)13-2-1-3-15(8-13)29-11-18(27)24-10-12-4-5-12/h1-3,6-9,12H,4-5,10-11,23H2,(H,24,27)(H,25,26,28). The maximum absolute atomic E-state index is 12.6. The molecule has 0 radical (unpaired) electrons. The lowest BCUT2D eigenvalue weighted by atomic mass is 9.95. The summed E-state index contributed by atoms with van der Waals surface area (Å²) in [6.07, 6.45) is 2.37. The molecular weight excluding hydrogens is 381 g/mol. The van der Waals surface area contributed by atoms with Crippen molar-refractivity contribution in [1.82, 2.24) is 15.3 Å². The predicted octanol–water partition coefficient (Wildman–Crippen LogP) is 1.50. The number of benzene rings is 2. The molecule has 30 heavy (non-hydrogen) atoms. The van der Waals surface area contributed by atoms with Gasteiger partial charge in [0.05, 0.1) is 0 Å². The highest BCUT2D eigenvalue weighted by molar-refractivity contribution is 6.33. The highest BCUT2D eigenvalue weighted by Crippen LogP contribution is 2.28. The highest BCUT2D eigenvalue weighted by Gasteiger charge is 2.21. The van der Waals surface area contributed by atoms with Crippen LogP contribution in [0, 0.1) is 5.92 Å². The van der Waals surface area contributed by atoms with Crippen LogP contribution in [-0.2, 0) is 4.79 Å². The van der Waals surface area contributed by atoms with Gasteiger partial charge in [-0.25, -0.2) is 4.98 Å². The molecule has 0 unspecified atom stereocenters. The second kappa shape index (κ2) is 7.37. The van der Waals surface area contributed by atoms with Crippen LogP contribution in [0.25, 0.3) is 33.5 Å². The number of ether oxygens (including phenoxy) is 1. The summed E-state index contributed by atoms with van der Waals surface area (Å²) in [5.41, 5.74) is 2.77. The van der Waals surface area contributed by atoms with Crippen molar-refractivity contribution in [3.05, 3.63) is 52.8 Å². The topological polar surface area (TPSA) is 97.2 Å². The smallest absolute Gasteiger partial charge is 0.294 e. The number of carbonyl (C=O) groups is 1. The average molecular weight is 401 g/mol. The number of hydrogen-bond donors (Lipinski definition) is 2. The van der Waals surface area contributed by atoms with E-state index in [1.54, 1.807) is 18.2 Å². The Kier molecular flexibility index (Phi) is 4.54. The van der Waals surface area contributed by atoms with E-state index >= 15 is 0 Å². The molecule has 5 rings (SSSR count). The fraction of sp³-hybridized carbons (Fsp3) is 0.227. The maximum Gasteiger partial charge on any atom is 0.294 e. The van der Waals surface area contributed by atoms with E-state index in [2.05, 4.69) is 15.3 Å². The van der Waals surface area contributed by atoms with E-state index in [0.717, 1.165) is 10.8 Å². The third-order valence-electron chi connectivity index (χ3n) is 5.24. The molecule has 0 atom stereocenters. The molecule has 1 fully saturated rings. The molecule has 150 valence electrons. The van der Waals surface area contributed by atoms with Crippen LogP contribution in [-0.4, -0.2) is 36.9 Å². The van der Waals surface area contributed by atoms with E-state index in [1.165, 1.54) is 12.8 Å². The van der Waals surface area contributed by atoms with E-state index in [9.17, 15) is 9.59 Å². The first-order valence-corrected chi connectivity index (χ1v) is 10.00. The third-order valence-corrected chi connectivity index (χ3v) is 5.24. The van der Waals surface area contributed by atoms with Crippen LogP contribution in [0.5, 0.6) is 5.75 Å². The second-order valence-corrected chi connectivity index (χ2v) is 7.76. The first kappa shape index (κ1) is 18.5. The molecule has 1 amide bonds. The van der Waals surface area contributed by atoms with Gasteiger partial charge in [-0.2, -0.15) is 0 Å². The minimum Gasteiger partial charge on any atom is -0.484 e. The molecule has 2 aromatic heterocycles. The largest absolute Gasteiger partial charge is 0.484 e. The van der Waals surface area contributed by atoms with Crippen molar-refractivity contribution in [2.24, 2.45) is 5.92 Å². The minimum atomic E-state index is -0.338. The Balaban J connectivity index is 1.42. The van der Waals surface area contributed by atoms with Gasteiger partial charge in [0.2, 0.25) is 5.58 Å². The molecule has 2 heterocycles. The molecule has 0 spiro atoms. The Bertz CT molecular complexity index is 1320. The van der Waals surface area contributed by atoms with Gasteiger partial charge >= 0.3 is 0 Å². The summed E-state index contributed by atoms with van der Waals surface area (Å²) in [7, 11) is 1.98. The lowest BCUT2D eigenvalue weighted by Crippen LogP contribution is -2.30. The zero-order valence-electron chi connectivity index (χ0n) is 16.5. The quantitative estimate of drug-likeness (QED) is 0.478. The van der Waals surface area contributed by atoms with E-state index < -0.39 is 0 Å². The molecule has 0 bridgehead atoms. The molecule has 4 aromatic rings. The molecule has 0 saturated heterocycles. The summed E-state index contributed by atoms with van der Waals surface area (Å²) in [6, 6.07) is 12.9. The van der Waals surface area contributed by atoms with Gasteiger partial charge in [-0.3, -0.25) is 9.59 Å². The van der Waals surface area contributed by atoms with Gasteiger partial charge in [0.15, 0.2) is 6.61 Å². The normalized spacial score (nSPS) is 13.6. The highest BCUT2D eigenvalue weighted by atomic mass is 16.5. The summed E-state index contributed by atoms with van der Waals surface area (Å²) in [5, 5.41) is 3.68. The monoisotopic (exact) mass is 401 g/mol. The van der Waals surface area contributed by atoms with Crippen LogP contribution in [0.2, 0.25) is 0 Å². The van der Waals surface area contributed by atoms with Crippen LogP contribution < -0.4 is 21.1 Å². The molecular formula is C22H20BN3O4. The van der Waals surface area contributed by atoms with Gasteiger partial charge in [-0.1, -0.05) is 29.7 Å². The number of H-pyrrole nitrogens is 1. The molecule has 0 aliphatic heterocycles. The summed E-state index contributed by atoms with van der Waals surface area (Å²) in [6.45, 7) is 0.663. The molecule has 1 aliphatic carbocycles. The number of nitrogens with one attached hydrogen (secondary N) is 2. The van der Waals surface area contributed by atoms with Crippen molar-refractivity contribution < 1.29 is 13.9 Å². The molecule has 2 aromatic carbocycles. The molecule has 1 saturated carbocycles. The van der Waals surface area contributed by atoms with E-state index in [1.807, 2.05) is 32.1 Å². The zero-order chi connectivity index (χ0) is 20.7. The van der Waals surface area contributed by atoms with Crippen LogP contribution in [0.4, 0.5) is 0 Å². The average Bonchev–Trinajstić information content (AvgIpc) is 3.51. The Morgan fingerprint density at radius 2 is 2.13 bits per heavy atom. The first-order chi connectivity index (χ1) is 14.6. The van der Waals surface area contributed by atoms with Crippen LogP contribution in [0.3, 0.4) is 0 Å². The molecule has 8 heteroatoms. The number of aromatic amines is 1. The summed E-state index contributed by atoms with van der Waals surface area (Å²) in [4.78, 5) is 31.9. The second-order valence-electron chi connectivity index (χ2n) is 7.76. The van der Waals surface area contributed by atoms with E-state index in [-0.39, 0.29) is 23.7 Å². The number of nitrogens with zero attached hydrogens (tertiary/aromatic N) is 1. The minimum absolute atomic E-state index is 0.0508. The number of fused-ring (bicyclic) bond motifs is 3. The Hall–Kier alpha value is -3.55. The van der Waals surface area contributed by atoms with Crippen molar-refractivity contribution in [3.8, 4) is 17.1 Å². The number of carbonyl (C=O) groups excluding carboxylic acids is 1. The third kappa shape index (κ3) is 3.68. The van der Waals surface area contributed by atoms with Crippen molar-refractivity contribution >= 4 is 41.3 Å². The fourth-order valence-corrected chi connectivity index (χ4v) is 3.42. The molecule has 7 nitrogen and oxygen atoms in total. The summed E-state index contributed by atoms with van der Waals surface area (Å²) >= 11 is 0. The summed E-state index contributed by atoms with van der Waals surface area (Å²) in [5.74, 6) is 1.43. The molecule has 1 aliphatic rings. The number of aromatic nitrogens is 2. The Morgan fingerprint density at radius 3 is 2.97 bits per heavy atom. The van der Waals surface area contributed by atoms with Crippen molar-refractivity contribution in [2.75, 3.05) is 13.2 Å². The van der Waals surface area contributed by atoms with Gasteiger partial charge in [0.1, 0.15) is 30.5 Å². The summed E-state index contributed by atoms with van der Waals surface area (Å²) < 4.78 is 11.3. The van der Waals surface area contributed by atoms with Crippen LogP contribution in [0.15, 0.2) is 51.7 Å². The van der Waals surface area contributed by atoms with Crippen molar-refractivity contribution in [2.45, 2.75) is 12.8 Å². The van der Waals surface area contributed by atoms with E-state index in [0.29, 0.717) is 40.7 Å². The zero-order valence-corrected chi connectivity index (χ0v) is 16.5. The number of amides is 1. The lowest BCUT2D eigenvalue weighted by molar-refractivity contribution is -0.123. The van der Waals surface area contributed by atoms with Gasteiger partial charge in [0, 0.05) is 17.5 Å². The Labute approximate surface area is 172 Å².